The zero-order chi connectivity index (χ0) is 7.40. The van der Waals surface area contributed by atoms with E-state index in [-0.39, 0.29) is 0 Å². The molecule has 0 unspecified atom stereocenters. The minimum absolute atomic E-state index is 0.512. The first-order chi connectivity index (χ1) is 4.88. The quantitative estimate of drug-likeness (QED) is 0.571. The Labute approximate surface area is 58.9 Å². The van der Waals surface area contributed by atoms with Crippen molar-refractivity contribution in [3.63, 3.8) is 0 Å². The van der Waals surface area contributed by atoms with E-state index in [0.29, 0.717) is 5.95 Å². The van der Waals surface area contributed by atoms with E-state index in [1.165, 1.54) is 0 Å². The summed E-state index contributed by atoms with van der Waals surface area (Å²) in [6.45, 7) is 5.25. The molecule has 1 rings (SSSR count). The summed E-state index contributed by atoms with van der Waals surface area (Å²) in [7, 11) is 0. The van der Waals surface area contributed by atoms with Crippen molar-refractivity contribution < 1.29 is 0 Å². The van der Waals surface area contributed by atoms with E-state index >= 15 is 0 Å². The summed E-state index contributed by atoms with van der Waals surface area (Å²) in [6, 6.07) is 0. The molecule has 0 aliphatic heterocycles. The number of aliphatic imine (C=N–C) groups is 1. The van der Waals surface area contributed by atoms with Gasteiger partial charge in [0, 0.05) is 6.20 Å². The molecule has 0 saturated heterocycles. The second-order valence-corrected chi connectivity index (χ2v) is 1.68. The Bertz CT molecular complexity index is 248. The molecule has 1 aromatic heterocycles. The summed E-state index contributed by atoms with van der Waals surface area (Å²) in [4.78, 5) is 3.64. The monoisotopic (exact) mass is 136 g/mol. The molecular weight excluding hydrogens is 128 g/mol. The molecule has 0 atom stereocenters. The predicted molar refractivity (Wildman–Crippen MR) is 40.2 cm³/mol. The van der Waals surface area contributed by atoms with Crippen molar-refractivity contribution >= 4 is 18.9 Å². The van der Waals surface area contributed by atoms with Crippen molar-refractivity contribution in [1.29, 1.82) is 0 Å². The van der Waals surface area contributed by atoms with E-state index in [4.69, 9.17) is 0 Å². The number of rotatable bonds is 2. The van der Waals surface area contributed by atoms with Crippen molar-refractivity contribution in [3.8, 4) is 0 Å². The molecule has 0 fully saturated rings. The van der Waals surface area contributed by atoms with Gasteiger partial charge in [0.05, 0.1) is 0 Å². The minimum atomic E-state index is 0.512. The molecule has 0 bridgehead atoms. The topological polar surface area (TPSA) is 43.1 Å². The summed E-state index contributed by atoms with van der Waals surface area (Å²) >= 11 is 0. The Morgan fingerprint density at radius 3 is 3.20 bits per heavy atom. The number of aromatic nitrogens is 3. The van der Waals surface area contributed by atoms with E-state index in [9.17, 15) is 0 Å². The van der Waals surface area contributed by atoms with Gasteiger partial charge in [-0.3, -0.25) is 4.57 Å². The van der Waals surface area contributed by atoms with E-state index in [2.05, 4.69) is 21.9 Å². The fourth-order valence-electron chi connectivity index (χ4n) is 0.615. The van der Waals surface area contributed by atoms with E-state index < -0.39 is 0 Å². The maximum Gasteiger partial charge on any atom is 0.254 e. The van der Waals surface area contributed by atoms with Crippen LogP contribution in [-0.4, -0.2) is 21.5 Å². The lowest BCUT2D eigenvalue weighted by Gasteiger charge is -1.89. The Hall–Kier alpha value is -1.45. The lowest BCUT2D eigenvalue weighted by atomic mass is 10.7. The van der Waals surface area contributed by atoms with Crippen LogP contribution in [0.3, 0.4) is 0 Å². The van der Waals surface area contributed by atoms with Gasteiger partial charge in [0.2, 0.25) is 0 Å². The average molecular weight is 136 g/mol. The van der Waals surface area contributed by atoms with Crippen LogP contribution in [0.5, 0.6) is 0 Å². The fourth-order valence-corrected chi connectivity index (χ4v) is 0.615. The third-order valence-corrected chi connectivity index (χ3v) is 1.01. The minimum Gasteiger partial charge on any atom is -0.273 e. The molecule has 1 heterocycles. The van der Waals surface area contributed by atoms with Crippen molar-refractivity contribution in [2.24, 2.45) is 4.99 Å². The van der Waals surface area contributed by atoms with Crippen LogP contribution in [0.1, 0.15) is 6.92 Å². The molecule has 4 heteroatoms. The molecule has 0 N–H and O–H groups in total. The van der Waals surface area contributed by atoms with Gasteiger partial charge >= 0.3 is 0 Å². The first-order valence-corrected chi connectivity index (χ1v) is 2.87. The van der Waals surface area contributed by atoms with Gasteiger partial charge in [0.1, 0.15) is 6.33 Å². The normalized spacial score (nSPS) is 10.5. The van der Waals surface area contributed by atoms with Gasteiger partial charge in [-0.15, -0.1) is 10.2 Å². The highest BCUT2D eigenvalue weighted by Crippen LogP contribution is 2.04. The standard InChI is InChI=1S/C6H8N4/c1-3-4-10-5-8-9-6(10)7-2/h3-5H,2H2,1H3/b4-3-. The van der Waals surface area contributed by atoms with Crippen LogP contribution in [-0.2, 0) is 0 Å². The third-order valence-electron chi connectivity index (χ3n) is 1.01. The Balaban J connectivity index is 3.00. The molecule has 0 amide bonds. The highest BCUT2D eigenvalue weighted by Gasteiger charge is 1.93. The summed E-state index contributed by atoms with van der Waals surface area (Å²) in [5.74, 6) is 0.512. The molecule has 52 valence electrons. The molecule has 0 aliphatic rings. The van der Waals surface area contributed by atoms with Crippen molar-refractivity contribution in [1.82, 2.24) is 14.8 Å². The van der Waals surface area contributed by atoms with Crippen LogP contribution in [0, 0.1) is 0 Å². The molecule has 0 radical (unpaired) electrons. The van der Waals surface area contributed by atoms with Gasteiger partial charge in [0.25, 0.3) is 5.95 Å². The lowest BCUT2D eigenvalue weighted by molar-refractivity contribution is 1.08. The van der Waals surface area contributed by atoms with E-state index in [1.807, 2.05) is 19.2 Å². The lowest BCUT2D eigenvalue weighted by Crippen LogP contribution is -1.80. The Morgan fingerprint density at radius 1 is 1.80 bits per heavy atom. The van der Waals surface area contributed by atoms with Gasteiger partial charge in [-0.05, 0) is 13.6 Å². The van der Waals surface area contributed by atoms with Crippen LogP contribution >= 0.6 is 0 Å². The third kappa shape index (κ3) is 1.10. The van der Waals surface area contributed by atoms with E-state index in [1.54, 1.807) is 10.9 Å². The maximum absolute atomic E-state index is 3.69. The highest BCUT2D eigenvalue weighted by molar-refractivity contribution is 5.39. The highest BCUT2D eigenvalue weighted by atomic mass is 15.3. The molecule has 4 nitrogen and oxygen atoms in total. The van der Waals surface area contributed by atoms with Crippen LogP contribution in [0.25, 0.3) is 6.20 Å². The number of allylic oxidation sites excluding steroid dienone is 1. The molecule has 10 heavy (non-hydrogen) atoms. The smallest absolute Gasteiger partial charge is 0.254 e. The largest absolute Gasteiger partial charge is 0.273 e. The molecule has 0 saturated carbocycles. The van der Waals surface area contributed by atoms with Gasteiger partial charge < -0.3 is 0 Å². The number of hydrogen-bond donors (Lipinski definition) is 0. The van der Waals surface area contributed by atoms with Gasteiger partial charge in [-0.2, -0.15) is 0 Å². The summed E-state index contributed by atoms with van der Waals surface area (Å²) < 4.78 is 1.69. The van der Waals surface area contributed by atoms with Gasteiger partial charge in [-0.25, -0.2) is 4.99 Å². The molecule has 1 aromatic rings. The fraction of sp³-hybridized carbons (Fsp3) is 0.167. The molecule has 0 aromatic carbocycles. The average Bonchev–Trinajstić information content (AvgIpc) is 2.36. The second kappa shape index (κ2) is 2.91. The second-order valence-electron chi connectivity index (χ2n) is 1.68. The first kappa shape index (κ1) is 6.67. The molecular formula is C6H8N4. The zero-order valence-electron chi connectivity index (χ0n) is 5.73. The zero-order valence-corrected chi connectivity index (χ0v) is 5.73. The summed E-state index contributed by atoms with van der Waals surface area (Å²) in [5, 5.41) is 7.33. The van der Waals surface area contributed by atoms with Gasteiger partial charge in [0.15, 0.2) is 0 Å². The summed E-state index contributed by atoms with van der Waals surface area (Å²) in [5.41, 5.74) is 0. The molecule has 0 spiro atoms. The Kier molecular flexibility index (Phi) is 1.94. The van der Waals surface area contributed by atoms with Gasteiger partial charge in [-0.1, -0.05) is 6.08 Å². The van der Waals surface area contributed by atoms with Crippen molar-refractivity contribution in [2.45, 2.75) is 6.92 Å². The van der Waals surface area contributed by atoms with Crippen molar-refractivity contribution in [2.75, 3.05) is 0 Å². The van der Waals surface area contributed by atoms with Crippen LogP contribution in [0.4, 0.5) is 5.95 Å². The summed E-state index contributed by atoms with van der Waals surface area (Å²) in [6.07, 6.45) is 5.26. The Morgan fingerprint density at radius 2 is 2.60 bits per heavy atom. The SMILES string of the molecule is C=Nc1nncn1/C=C\C. The maximum atomic E-state index is 3.69. The molecule has 0 aliphatic carbocycles. The first-order valence-electron chi connectivity index (χ1n) is 2.87. The van der Waals surface area contributed by atoms with E-state index in [0.717, 1.165) is 0 Å². The number of hydrogen-bond acceptors (Lipinski definition) is 3. The number of nitrogens with zero attached hydrogens (tertiary/aromatic N) is 4. The van der Waals surface area contributed by atoms with Crippen molar-refractivity contribution in [3.05, 3.63) is 12.4 Å². The van der Waals surface area contributed by atoms with Crippen LogP contribution < -0.4 is 0 Å². The van der Waals surface area contributed by atoms with Crippen LogP contribution in [0.15, 0.2) is 17.4 Å². The predicted octanol–water partition coefficient (Wildman–Crippen LogP) is 1.10. The van der Waals surface area contributed by atoms with Crippen LogP contribution in [0.2, 0.25) is 0 Å².